The first-order valence-electron chi connectivity index (χ1n) is 13.6. The Morgan fingerprint density at radius 1 is 1.23 bits per heavy atom. The van der Waals surface area contributed by atoms with Gasteiger partial charge in [-0.1, -0.05) is 17.7 Å². The molecule has 2 N–H and O–H groups in total. The lowest BCUT2D eigenvalue weighted by Gasteiger charge is -2.51. The van der Waals surface area contributed by atoms with Gasteiger partial charge in [0.25, 0.3) is 0 Å². The van der Waals surface area contributed by atoms with E-state index in [2.05, 4.69) is 32.5 Å². The number of piperidine rings is 1. The highest BCUT2D eigenvalue weighted by Gasteiger charge is 2.45. The normalized spacial score (nSPS) is 17.4. The lowest BCUT2D eigenvalue weighted by Crippen LogP contribution is -2.47. The average molecular weight is 567 g/mol. The maximum atomic E-state index is 13.7. The van der Waals surface area contributed by atoms with E-state index in [1.165, 1.54) is 50.2 Å². The monoisotopic (exact) mass is 566 g/mol. The third-order valence-corrected chi connectivity index (χ3v) is 8.17. The first kappa shape index (κ1) is 28.3. The SMILES string of the molecule is CN(C)C/C=C/C(=O)Nc1cc2c(Nc3ccc(F)c(Cl)c3)ncnc2cc1OCC1CC2(CCN(C)CC2)C1. The first-order chi connectivity index (χ1) is 19.2. The highest BCUT2D eigenvalue weighted by Crippen LogP contribution is 2.52. The molecule has 2 heterocycles. The number of halogens is 2. The molecule has 8 nitrogen and oxygen atoms in total. The largest absolute Gasteiger partial charge is 0.491 e. The number of nitrogens with zero attached hydrogens (tertiary/aromatic N) is 4. The zero-order valence-electron chi connectivity index (χ0n) is 23.2. The van der Waals surface area contributed by atoms with Crippen LogP contribution in [-0.4, -0.2) is 73.1 Å². The van der Waals surface area contributed by atoms with E-state index in [0.29, 0.717) is 58.3 Å². The van der Waals surface area contributed by atoms with Crippen molar-refractivity contribution in [1.82, 2.24) is 19.8 Å². The molecule has 0 radical (unpaired) electrons. The summed E-state index contributed by atoms with van der Waals surface area (Å²) in [4.78, 5) is 26.0. The van der Waals surface area contributed by atoms with Crippen LogP contribution in [0.1, 0.15) is 25.7 Å². The molecule has 0 bridgehead atoms. The number of benzene rings is 2. The number of hydrogen-bond donors (Lipinski definition) is 2. The van der Waals surface area contributed by atoms with Gasteiger partial charge in [-0.3, -0.25) is 4.79 Å². The van der Waals surface area contributed by atoms with Crippen LogP contribution in [0, 0.1) is 17.2 Å². The predicted molar refractivity (Wildman–Crippen MR) is 158 cm³/mol. The molecule has 5 rings (SSSR count). The van der Waals surface area contributed by atoms with E-state index >= 15 is 0 Å². The van der Waals surface area contributed by atoms with Crippen molar-refractivity contribution in [2.45, 2.75) is 25.7 Å². The Morgan fingerprint density at radius 3 is 2.73 bits per heavy atom. The van der Waals surface area contributed by atoms with Crippen LogP contribution in [0.15, 0.2) is 48.8 Å². The van der Waals surface area contributed by atoms with Gasteiger partial charge in [0.1, 0.15) is 23.7 Å². The number of hydrogen-bond acceptors (Lipinski definition) is 7. The summed E-state index contributed by atoms with van der Waals surface area (Å²) in [6, 6.07) is 8.02. The van der Waals surface area contributed by atoms with Crippen LogP contribution in [-0.2, 0) is 4.79 Å². The summed E-state index contributed by atoms with van der Waals surface area (Å²) in [6.45, 7) is 3.56. The molecule has 0 unspecified atom stereocenters. The summed E-state index contributed by atoms with van der Waals surface area (Å²) in [5, 5.41) is 6.85. The van der Waals surface area contributed by atoms with Gasteiger partial charge in [0, 0.05) is 29.8 Å². The number of ether oxygens (including phenoxy) is 1. The number of likely N-dealkylation sites (tertiary alicyclic amines) is 1. The highest BCUT2D eigenvalue weighted by molar-refractivity contribution is 6.31. The number of aromatic nitrogens is 2. The van der Waals surface area contributed by atoms with Crippen molar-refractivity contribution < 1.29 is 13.9 Å². The molecule has 2 aliphatic rings. The molecule has 1 saturated carbocycles. The van der Waals surface area contributed by atoms with Crippen molar-refractivity contribution in [2.24, 2.45) is 11.3 Å². The number of carbonyl (C=O) groups is 1. The Bertz CT molecular complexity index is 1400. The van der Waals surface area contributed by atoms with Gasteiger partial charge < -0.3 is 25.2 Å². The second-order valence-electron chi connectivity index (χ2n) is 11.4. The summed E-state index contributed by atoms with van der Waals surface area (Å²) in [7, 11) is 6.07. The number of anilines is 3. The molecular weight excluding hydrogens is 531 g/mol. The number of rotatable bonds is 9. The molecular formula is C30H36ClFN6O2. The molecule has 1 aliphatic carbocycles. The number of likely N-dealkylation sites (N-methyl/N-ethyl adjacent to an activating group) is 1. The van der Waals surface area contributed by atoms with Gasteiger partial charge in [0.2, 0.25) is 5.91 Å². The Hall–Kier alpha value is -3.27. The highest BCUT2D eigenvalue weighted by atomic mass is 35.5. The number of fused-ring (bicyclic) bond motifs is 1. The van der Waals surface area contributed by atoms with Crippen LogP contribution >= 0.6 is 11.6 Å². The number of nitrogens with one attached hydrogen (secondary N) is 2. The van der Waals surface area contributed by atoms with Crippen LogP contribution in [0.5, 0.6) is 5.75 Å². The van der Waals surface area contributed by atoms with Crippen molar-refractivity contribution in [3.8, 4) is 5.75 Å². The van der Waals surface area contributed by atoms with Crippen molar-refractivity contribution in [2.75, 3.05) is 58.0 Å². The number of carbonyl (C=O) groups excluding carboxylic acids is 1. The second-order valence-corrected chi connectivity index (χ2v) is 11.8. The van der Waals surface area contributed by atoms with E-state index in [-0.39, 0.29) is 10.9 Å². The van der Waals surface area contributed by atoms with E-state index in [4.69, 9.17) is 16.3 Å². The molecule has 1 amide bonds. The van der Waals surface area contributed by atoms with Crippen molar-refractivity contribution in [3.05, 3.63) is 59.7 Å². The molecule has 10 heteroatoms. The predicted octanol–water partition coefficient (Wildman–Crippen LogP) is 5.72. The molecule has 0 atom stereocenters. The molecule has 2 fully saturated rings. The summed E-state index contributed by atoms with van der Waals surface area (Å²) in [6.07, 6.45) is 9.65. The fraction of sp³-hybridized carbons (Fsp3) is 0.433. The van der Waals surface area contributed by atoms with Gasteiger partial charge in [-0.2, -0.15) is 0 Å². The van der Waals surface area contributed by atoms with Gasteiger partial charge in [0.15, 0.2) is 0 Å². The van der Waals surface area contributed by atoms with E-state index < -0.39 is 5.82 Å². The van der Waals surface area contributed by atoms with Crippen LogP contribution in [0.3, 0.4) is 0 Å². The van der Waals surface area contributed by atoms with E-state index in [0.717, 1.165) is 13.1 Å². The van der Waals surface area contributed by atoms with Crippen molar-refractivity contribution in [3.63, 3.8) is 0 Å². The van der Waals surface area contributed by atoms with Gasteiger partial charge in [-0.05, 0) is 95.5 Å². The molecule has 1 saturated heterocycles. The van der Waals surface area contributed by atoms with Gasteiger partial charge in [0.05, 0.1) is 22.8 Å². The van der Waals surface area contributed by atoms with Crippen LogP contribution in [0.4, 0.5) is 21.6 Å². The first-order valence-corrected chi connectivity index (χ1v) is 14.0. The minimum absolute atomic E-state index is 0.00883. The fourth-order valence-electron chi connectivity index (χ4n) is 5.65. The van der Waals surface area contributed by atoms with Gasteiger partial charge in [-0.15, -0.1) is 0 Å². The zero-order valence-corrected chi connectivity index (χ0v) is 24.0. The van der Waals surface area contributed by atoms with Crippen molar-refractivity contribution in [1.29, 1.82) is 0 Å². The molecule has 1 aliphatic heterocycles. The fourth-order valence-corrected chi connectivity index (χ4v) is 5.83. The average Bonchev–Trinajstić information content (AvgIpc) is 2.89. The third-order valence-electron chi connectivity index (χ3n) is 7.88. The Labute approximate surface area is 239 Å². The minimum atomic E-state index is -0.498. The number of amides is 1. The molecule has 3 aromatic rings. The summed E-state index contributed by atoms with van der Waals surface area (Å²) in [5.41, 5.74) is 2.24. The van der Waals surface area contributed by atoms with Crippen molar-refractivity contribution >= 4 is 45.6 Å². The van der Waals surface area contributed by atoms with E-state index in [9.17, 15) is 9.18 Å². The topological polar surface area (TPSA) is 82.6 Å². The lowest BCUT2D eigenvalue weighted by molar-refractivity contribution is -0.111. The Balaban J connectivity index is 1.37. The quantitative estimate of drug-likeness (QED) is 0.320. The van der Waals surface area contributed by atoms with E-state index in [1.807, 2.05) is 31.1 Å². The molecule has 212 valence electrons. The second kappa shape index (κ2) is 12.1. The standard InChI is InChI=1S/C30H36ClFN6O2/c1-37(2)10-4-5-28(39)36-26-14-22-25(33-19-34-29(22)35-21-6-7-24(32)23(31)13-21)15-27(26)40-18-20-16-30(17-20)8-11-38(3)12-9-30/h4-7,13-15,19-20H,8-12,16-18H2,1-3H3,(H,36,39)(H,33,34,35)/b5-4+. The Kier molecular flexibility index (Phi) is 8.54. The summed E-state index contributed by atoms with van der Waals surface area (Å²) in [5.74, 6) is 0.814. The molecule has 1 spiro atoms. The maximum Gasteiger partial charge on any atom is 0.248 e. The van der Waals surface area contributed by atoms with E-state index in [1.54, 1.807) is 12.1 Å². The van der Waals surface area contributed by atoms with Crippen LogP contribution in [0.2, 0.25) is 5.02 Å². The lowest BCUT2D eigenvalue weighted by atomic mass is 9.58. The van der Waals surface area contributed by atoms with Gasteiger partial charge >= 0.3 is 0 Å². The van der Waals surface area contributed by atoms with Crippen LogP contribution < -0.4 is 15.4 Å². The van der Waals surface area contributed by atoms with Gasteiger partial charge in [-0.25, -0.2) is 14.4 Å². The molecule has 40 heavy (non-hydrogen) atoms. The molecule has 2 aromatic carbocycles. The Morgan fingerprint density at radius 2 is 2.00 bits per heavy atom. The smallest absolute Gasteiger partial charge is 0.248 e. The van der Waals surface area contributed by atoms with Crippen LogP contribution in [0.25, 0.3) is 10.9 Å². The molecule has 1 aromatic heterocycles. The maximum absolute atomic E-state index is 13.7. The summed E-state index contributed by atoms with van der Waals surface area (Å²) < 4.78 is 20.0. The summed E-state index contributed by atoms with van der Waals surface area (Å²) >= 11 is 5.97. The minimum Gasteiger partial charge on any atom is -0.491 e. The zero-order chi connectivity index (χ0) is 28.3. The third kappa shape index (κ3) is 6.71.